The first-order chi connectivity index (χ1) is 8.13. The number of aryl methyl sites for hydroxylation is 1. The van der Waals surface area contributed by atoms with Gasteiger partial charge in [-0.3, -0.25) is 0 Å². The van der Waals surface area contributed by atoms with E-state index in [1.165, 1.54) is 12.1 Å². The minimum absolute atomic E-state index is 0.246. The Balaban J connectivity index is 2.40. The van der Waals surface area contributed by atoms with Gasteiger partial charge in [-0.25, -0.2) is 9.37 Å². The van der Waals surface area contributed by atoms with Crippen LogP contribution in [0.2, 0.25) is 0 Å². The monoisotopic (exact) mass is 345 g/mol. The summed E-state index contributed by atoms with van der Waals surface area (Å²) in [6.45, 7) is 2.86. The lowest BCUT2D eigenvalue weighted by Gasteiger charge is -2.15. The molecule has 0 radical (unpaired) electrons. The zero-order valence-corrected chi connectivity index (χ0v) is 11.6. The minimum atomic E-state index is -0.322. The molecule has 0 amide bonds. The predicted octanol–water partition coefficient (Wildman–Crippen LogP) is 2.69. The molecule has 3 nitrogen and oxygen atoms in total. The Kier molecular flexibility index (Phi) is 3.78. The lowest BCUT2D eigenvalue weighted by Crippen LogP contribution is -2.18. The number of imidazole rings is 1. The summed E-state index contributed by atoms with van der Waals surface area (Å²) in [6.07, 6.45) is 3.63. The van der Waals surface area contributed by atoms with Crippen LogP contribution in [0.4, 0.5) is 4.39 Å². The van der Waals surface area contributed by atoms with Crippen molar-refractivity contribution in [2.75, 3.05) is 0 Å². The van der Waals surface area contributed by atoms with Crippen LogP contribution in [0.25, 0.3) is 0 Å². The average Bonchev–Trinajstić information content (AvgIpc) is 2.76. The Morgan fingerprint density at radius 1 is 1.53 bits per heavy atom. The second-order valence-electron chi connectivity index (χ2n) is 3.71. The van der Waals surface area contributed by atoms with E-state index in [2.05, 4.69) is 27.6 Å². The molecule has 5 heteroatoms. The van der Waals surface area contributed by atoms with Crippen LogP contribution in [0.15, 0.2) is 30.6 Å². The molecule has 2 aromatic rings. The highest BCUT2D eigenvalue weighted by Gasteiger charge is 2.16. The fourth-order valence-corrected chi connectivity index (χ4v) is 2.57. The highest BCUT2D eigenvalue weighted by atomic mass is 127. The van der Waals surface area contributed by atoms with E-state index < -0.39 is 0 Å². The maximum absolute atomic E-state index is 13.0. The van der Waals surface area contributed by atoms with Gasteiger partial charge in [0.15, 0.2) is 0 Å². The smallest absolute Gasteiger partial charge is 0.130 e. The molecular formula is C12H13FIN3. The highest BCUT2D eigenvalue weighted by molar-refractivity contribution is 14.1. The van der Waals surface area contributed by atoms with Crippen molar-refractivity contribution >= 4 is 22.6 Å². The van der Waals surface area contributed by atoms with E-state index in [0.29, 0.717) is 0 Å². The molecule has 0 bridgehead atoms. The highest BCUT2D eigenvalue weighted by Crippen LogP contribution is 2.24. The third kappa shape index (κ3) is 2.50. The van der Waals surface area contributed by atoms with Gasteiger partial charge in [0.25, 0.3) is 0 Å². The van der Waals surface area contributed by atoms with Crippen LogP contribution in [0.1, 0.15) is 24.4 Å². The molecule has 1 unspecified atom stereocenters. The predicted molar refractivity (Wildman–Crippen MR) is 73.0 cm³/mol. The molecule has 2 N–H and O–H groups in total. The van der Waals surface area contributed by atoms with Gasteiger partial charge in [0.1, 0.15) is 11.6 Å². The van der Waals surface area contributed by atoms with Crippen LogP contribution in [-0.4, -0.2) is 9.55 Å². The van der Waals surface area contributed by atoms with Crippen molar-refractivity contribution in [1.82, 2.24) is 9.55 Å². The first kappa shape index (κ1) is 12.5. The molecule has 0 aliphatic heterocycles. The summed E-state index contributed by atoms with van der Waals surface area (Å²) in [5.41, 5.74) is 7.07. The fourth-order valence-electron chi connectivity index (χ4n) is 1.76. The van der Waals surface area contributed by atoms with E-state index in [-0.39, 0.29) is 11.9 Å². The molecule has 17 heavy (non-hydrogen) atoms. The van der Waals surface area contributed by atoms with Crippen molar-refractivity contribution in [2.45, 2.75) is 19.5 Å². The van der Waals surface area contributed by atoms with Crippen LogP contribution in [-0.2, 0) is 6.54 Å². The molecular weight excluding hydrogens is 332 g/mol. The second-order valence-corrected chi connectivity index (χ2v) is 4.88. The third-order valence-electron chi connectivity index (χ3n) is 2.66. The van der Waals surface area contributed by atoms with Gasteiger partial charge in [0.05, 0.1) is 6.04 Å². The third-order valence-corrected chi connectivity index (χ3v) is 3.60. The molecule has 0 saturated heterocycles. The van der Waals surface area contributed by atoms with Crippen LogP contribution < -0.4 is 5.73 Å². The van der Waals surface area contributed by atoms with Crippen LogP contribution in [0, 0.1) is 9.39 Å². The fraction of sp³-hybridized carbons (Fsp3) is 0.250. The van der Waals surface area contributed by atoms with Gasteiger partial charge in [-0.15, -0.1) is 0 Å². The SMILES string of the molecule is CCn1ccnc1C(N)c1ccc(F)cc1I. The summed E-state index contributed by atoms with van der Waals surface area (Å²) in [4.78, 5) is 4.27. The van der Waals surface area contributed by atoms with Gasteiger partial charge >= 0.3 is 0 Å². The standard InChI is InChI=1S/C12H13FIN3/c1-2-17-6-5-16-12(17)11(15)9-4-3-8(13)7-10(9)14/h3-7,11H,2,15H2,1H3. The number of rotatable bonds is 3. The van der Waals surface area contributed by atoms with Crippen LogP contribution in [0.5, 0.6) is 0 Å². The van der Waals surface area contributed by atoms with Gasteiger partial charge < -0.3 is 10.3 Å². The Labute approximate surface area is 113 Å². The first-order valence-corrected chi connectivity index (χ1v) is 6.43. The van der Waals surface area contributed by atoms with E-state index in [4.69, 9.17) is 5.73 Å². The van der Waals surface area contributed by atoms with E-state index >= 15 is 0 Å². The quantitative estimate of drug-likeness (QED) is 0.870. The maximum Gasteiger partial charge on any atom is 0.130 e. The second kappa shape index (κ2) is 5.14. The normalized spacial score (nSPS) is 12.7. The van der Waals surface area contributed by atoms with Gasteiger partial charge in [0.2, 0.25) is 0 Å². The lowest BCUT2D eigenvalue weighted by atomic mass is 10.1. The Morgan fingerprint density at radius 2 is 2.29 bits per heavy atom. The summed E-state index contributed by atoms with van der Waals surface area (Å²) in [5.74, 6) is 0.557. The van der Waals surface area contributed by atoms with Crippen molar-refractivity contribution in [3.8, 4) is 0 Å². The van der Waals surface area contributed by atoms with Crippen molar-refractivity contribution in [1.29, 1.82) is 0 Å². The number of hydrogen-bond acceptors (Lipinski definition) is 2. The van der Waals surface area contributed by atoms with E-state index in [1.54, 1.807) is 12.3 Å². The minimum Gasteiger partial charge on any atom is -0.334 e. The zero-order chi connectivity index (χ0) is 12.4. The molecule has 2 rings (SSSR count). The Hall–Kier alpha value is -0.950. The van der Waals surface area contributed by atoms with Crippen molar-refractivity contribution in [2.24, 2.45) is 5.73 Å². The summed E-state index contributed by atoms with van der Waals surface area (Å²) in [7, 11) is 0. The number of hydrogen-bond donors (Lipinski definition) is 1. The van der Waals surface area contributed by atoms with Gasteiger partial charge in [-0.1, -0.05) is 6.07 Å². The summed E-state index contributed by atoms with van der Waals surface area (Å²) in [6, 6.07) is 4.31. The molecule has 90 valence electrons. The number of nitrogens with zero attached hydrogens (tertiary/aromatic N) is 2. The molecule has 0 spiro atoms. The number of aromatic nitrogens is 2. The molecule has 0 aliphatic rings. The molecule has 1 aromatic heterocycles. The van der Waals surface area contributed by atoms with Crippen LogP contribution in [0.3, 0.4) is 0 Å². The largest absolute Gasteiger partial charge is 0.334 e. The summed E-state index contributed by atoms with van der Waals surface area (Å²) < 4.78 is 15.8. The Bertz CT molecular complexity index is 524. The molecule has 0 aliphatic carbocycles. The van der Waals surface area contributed by atoms with Gasteiger partial charge in [0, 0.05) is 22.5 Å². The van der Waals surface area contributed by atoms with Gasteiger partial charge in [-0.2, -0.15) is 0 Å². The summed E-state index contributed by atoms with van der Waals surface area (Å²) >= 11 is 2.09. The van der Waals surface area contributed by atoms with Crippen molar-refractivity contribution in [3.63, 3.8) is 0 Å². The average molecular weight is 345 g/mol. The number of benzene rings is 1. The first-order valence-electron chi connectivity index (χ1n) is 5.35. The number of nitrogens with two attached hydrogens (primary N) is 1. The molecule has 1 aromatic carbocycles. The van der Waals surface area contributed by atoms with Crippen LogP contribution >= 0.6 is 22.6 Å². The van der Waals surface area contributed by atoms with E-state index in [9.17, 15) is 4.39 Å². The van der Waals surface area contributed by atoms with E-state index in [1.807, 2.05) is 17.7 Å². The topological polar surface area (TPSA) is 43.8 Å². The molecule has 1 atom stereocenters. The molecule has 1 heterocycles. The van der Waals surface area contributed by atoms with Crippen molar-refractivity contribution < 1.29 is 4.39 Å². The maximum atomic E-state index is 13.0. The Morgan fingerprint density at radius 3 is 2.94 bits per heavy atom. The van der Waals surface area contributed by atoms with Crippen molar-refractivity contribution in [3.05, 3.63) is 51.4 Å². The molecule has 0 fully saturated rings. The summed E-state index contributed by atoms with van der Waals surface area (Å²) in [5, 5.41) is 0. The zero-order valence-electron chi connectivity index (χ0n) is 9.40. The number of halogens is 2. The molecule has 0 saturated carbocycles. The van der Waals surface area contributed by atoms with Gasteiger partial charge in [-0.05, 0) is 47.2 Å². The lowest BCUT2D eigenvalue weighted by molar-refractivity contribution is 0.621. The van der Waals surface area contributed by atoms with E-state index in [0.717, 1.165) is 21.5 Å².